The number of amides is 1. The van der Waals surface area contributed by atoms with Gasteiger partial charge >= 0.3 is 0 Å². The number of carbonyl (C=O) groups excluding carboxylic acids is 1. The summed E-state index contributed by atoms with van der Waals surface area (Å²) in [4.78, 5) is 16.7. The van der Waals surface area contributed by atoms with Crippen LogP contribution in [0.15, 0.2) is 48.9 Å². The van der Waals surface area contributed by atoms with E-state index in [-0.39, 0.29) is 28.5 Å². The summed E-state index contributed by atoms with van der Waals surface area (Å²) in [6.07, 6.45) is 4.30. The Morgan fingerprint density at radius 2 is 2.00 bits per heavy atom. The highest BCUT2D eigenvalue weighted by Crippen LogP contribution is 2.20. The quantitative estimate of drug-likeness (QED) is 0.585. The topological polar surface area (TPSA) is 103 Å². The largest absolute Gasteiger partial charge is 0.384 e. The van der Waals surface area contributed by atoms with Gasteiger partial charge in [0.25, 0.3) is 5.91 Å². The summed E-state index contributed by atoms with van der Waals surface area (Å²) in [7, 11) is 0. The third-order valence-electron chi connectivity index (χ3n) is 3.66. The molecular weight excluding hydrogens is 344 g/mol. The van der Waals surface area contributed by atoms with Crippen LogP contribution >= 0.6 is 0 Å². The van der Waals surface area contributed by atoms with Crippen LogP contribution in [-0.2, 0) is 0 Å². The van der Waals surface area contributed by atoms with Crippen LogP contribution in [0, 0.1) is 11.6 Å². The van der Waals surface area contributed by atoms with E-state index in [0.717, 1.165) is 16.8 Å². The molecule has 0 aliphatic rings. The normalized spacial score (nSPS) is 11.0. The Labute approximate surface area is 144 Å². The van der Waals surface area contributed by atoms with Crippen LogP contribution in [0.2, 0.25) is 0 Å². The predicted molar refractivity (Wildman–Crippen MR) is 88.8 cm³/mol. The molecule has 0 saturated carbocycles. The molecule has 3 aromatic heterocycles. The number of carbonyl (C=O) groups is 1. The Kier molecular flexibility index (Phi) is 3.57. The van der Waals surface area contributed by atoms with Gasteiger partial charge in [-0.05, 0) is 18.2 Å². The summed E-state index contributed by atoms with van der Waals surface area (Å²) in [5.74, 6) is -1.61. The molecule has 0 fully saturated rings. The number of aromatic nitrogens is 5. The lowest BCUT2D eigenvalue weighted by Crippen LogP contribution is -2.16. The van der Waals surface area contributed by atoms with E-state index in [1.807, 2.05) is 0 Å². The Morgan fingerprint density at radius 1 is 1.15 bits per heavy atom. The van der Waals surface area contributed by atoms with Crippen molar-refractivity contribution in [3.63, 3.8) is 0 Å². The molecule has 8 nitrogen and oxygen atoms in total. The van der Waals surface area contributed by atoms with Crippen LogP contribution < -0.4 is 11.1 Å². The molecule has 0 unspecified atom stereocenters. The van der Waals surface area contributed by atoms with Gasteiger partial charge in [0.15, 0.2) is 11.5 Å². The molecule has 1 amide bonds. The van der Waals surface area contributed by atoms with Crippen molar-refractivity contribution in [2.45, 2.75) is 0 Å². The standard InChI is InChI=1S/C16H11F2N7O/c17-9-1-2-12(11(18)7-9)25-14(3-5-20-25)23-16(26)10-8-21-24-6-4-13(19)22-15(10)24/h1-8H,(H2,19,22)(H,23,26). The molecule has 3 N–H and O–H groups in total. The Hall–Kier alpha value is -3.82. The fraction of sp³-hybridized carbons (Fsp3) is 0. The molecule has 0 aliphatic heterocycles. The van der Waals surface area contributed by atoms with E-state index in [9.17, 15) is 13.6 Å². The Morgan fingerprint density at radius 3 is 2.81 bits per heavy atom. The maximum absolute atomic E-state index is 14.0. The van der Waals surface area contributed by atoms with Crippen LogP contribution in [0.3, 0.4) is 0 Å². The molecule has 4 rings (SSSR count). The Bertz CT molecular complexity index is 1130. The number of fused-ring (bicyclic) bond motifs is 1. The van der Waals surface area contributed by atoms with E-state index in [2.05, 4.69) is 20.5 Å². The van der Waals surface area contributed by atoms with Crippen molar-refractivity contribution in [2.24, 2.45) is 0 Å². The lowest BCUT2D eigenvalue weighted by Gasteiger charge is -2.09. The third kappa shape index (κ3) is 2.62. The SMILES string of the molecule is Nc1ccn2ncc(C(=O)Nc3ccnn3-c3ccc(F)cc3F)c2n1. The average molecular weight is 355 g/mol. The van der Waals surface area contributed by atoms with Crippen LogP contribution in [0.25, 0.3) is 11.3 Å². The average Bonchev–Trinajstić information content (AvgIpc) is 3.21. The van der Waals surface area contributed by atoms with Crippen molar-refractivity contribution < 1.29 is 13.6 Å². The number of nitrogens with zero attached hydrogens (tertiary/aromatic N) is 5. The molecular formula is C16H11F2N7O. The van der Waals surface area contributed by atoms with Gasteiger partial charge in [-0.15, -0.1) is 0 Å². The molecule has 0 atom stereocenters. The first-order valence-electron chi connectivity index (χ1n) is 7.43. The molecule has 0 saturated heterocycles. The minimum atomic E-state index is -0.811. The van der Waals surface area contributed by atoms with Crippen LogP contribution in [0.4, 0.5) is 20.4 Å². The summed E-state index contributed by atoms with van der Waals surface area (Å²) in [5, 5.41) is 10.6. The number of nitrogen functional groups attached to an aromatic ring is 1. The first-order valence-corrected chi connectivity index (χ1v) is 7.43. The summed E-state index contributed by atoms with van der Waals surface area (Å²) in [6, 6.07) is 6.09. The number of nitrogens with one attached hydrogen (secondary N) is 1. The van der Waals surface area contributed by atoms with Gasteiger partial charge in [0.05, 0.1) is 12.4 Å². The molecule has 130 valence electrons. The highest BCUT2D eigenvalue weighted by molar-refractivity contribution is 6.07. The second-order valence-electron chi connectivity index (χ2n) is 5.36. The van der Waals surface area contributed by atoms with Crippen LogP contribution in [0.5, 0.6) is 0 Å². The number of hydrogen-bond donors (Lipinski definition) is 2. The van der Waals surface area contributed by atoms with Gasteiger partial charge in [0.1, 0.15) is 28.7 Å². The summed E-state index contributed by atoms with van der Waals surface area (Å²) in [6.45, 7) is 0. The number of nitrogens with two attached hydrogens (primary N) is 1. The zero-order valence-electron chi connectivity index (χ0n) is 13.1. The molecule has 0 bridgehead atoms. The van der Waals surface area contributed by atoms with E-state index in [0.29, 0.717) is 0 Å². The van der Waals surface area contributed by atoms with E-state index in [1.165, 1.54) is 29.0 Å². The smallest absolute Gasteiger partial charge is 0.262 e. The van der Waals surface area contributed by atoms with Gasteiger partial charge in [-0.25, -0.2) is 23.0 Å². The molecule has 0 radical (unpaired) electrons. The van der Waals surface area contributed by atoms with Gasteiger partial charge in [0, 0.05) is 18.3 Å². The Balaban J connectivity index is 1.69. The number of hydrogen-bond acceptors (Lipinski definition) is 5. The number of anilines is 2. The molecule has 0 spiro atoms. The zero-order valence-corrected chi connectivity index (χ0v) is 13.1. The van der Waals surface area contributed by atoms with E-state index >= 15 is 0 Å². The molecule has 26 heavy (non-hydrogen) atoms. The van der Waals surface area contributed by atoms with Gasteiger partial charge in [-0.1, -0.05) is 0 Å². The lowest BCUT2D eigenvalue weighted by molar-refractivity contribution is 0.102. The van der Waals surface area contributed by atoms with Gasteiger partial charge in [-0.2, -0.15) is 10.2 Å². The molecule has 0 aliphatic carbocycles. The monoisotopic (exact) mass is 355 g/mol. The van der Waals surface area contributed by atoms with Crippen molar-refractivity contribution in [2.75, 3.05) is 11.1 Å². The van der Waals surface area contributed by atoms with Gasteiger partial charge in [0.2, 0.25) is 0 Å². The van der Waals surface area contributed by atoms with Crippen molar-refractivity contribution in [1.29, 1.82) is 0 Å². The maximum atomic E-state index is 14.0. The van der Waals surface area contributed by atoms with Crippen molar-refractivity contribution in [3.05, 3.63) is 66.1 Å². The second-order valence-corrected chi connectivity index (χ2v) is 5.36. The number of benzene rings is 1. The molecule has 3 heterocycles. The van der Waals surface area contributed by atoms with Crippen molar-refractivity contribution in [1.82, 2.24) is 24.4 Å². The lowest BCUT2D eigenvalue weighted by atomic mass is 10.3. The minimum Gasteiger partial charge on any atom is -0.384 e. The molecule has 1 aromatic carbocycles. The highest BCUT2D eigenvalue weighted by Gasteiger charge is 2.18. The maximum Gasteiger partial charge on any atom is 0.262 e. The summed E-state index contributed by atoms with van der Waals surface area (Å²) < 4.78 is 29.7. The number of halogens is 2. The number of rotatable bonds is 3. The van der Waals surface area contributed by atoms with Gasteiger partial charge < -0.3 is 11.1 Å². The fourth-order valence-corrected chi connectivity index (χ4v) is 2.47. The minimum absolute atomic E-state index is 0.00562. The fourth-order valence-electron chi connectivity index (χ4n) is 2.47. The predicted octanol–water partition coefficient (Wildman–Crippen LogP) is 2.03. The van der Waals surface area contributed by atoms with Crippen LogP contribution in [0.1, 0.15) is 10.4 Å². The first kappa shape index (κ1) is 15.7. The van der Waals surface area contributed by atoms with Crippen LogP contribution in [-0.4, -0.2) is 30.3 Å². The summed E-state index contributed by atoms with van der Waals surface area (Å²) in [5.41, 5.74) is 6.11. The van der Waals surface area contributed by atoms with Crippen molar-refractivity contribution in [3.8, 4) is 5.69 Å². The van der Waals surface area contributed by atoms with Crippen molar-refractivity contribution >= 4 is 23.2 Å². The summed E-state index contributed by atoms with van der Waals surface area (Å²) >= 11 is 0. The molecule has 10 heteroatoms. The van der Waals surface area contributed by atoms with E-state index in [1.54, 1.807) is 12.3 Å². The first-order chi connectivity index (χ1) is 12.5. The zero-order chi connectivity index (χ0) is 18.3. The van der Waals surface area contributed by atoms with E-state index in [4.69, 9.17) is 5.73 Å². The highest BCUT2D eigenvalue weighted by atomic mass is 19.1. The van der Waals surface area contributed by atoms with E-state index < -0.39 is 17.5 Å². The molecule has 4 aromatic rings. The van der Waals surface area contributed by atoms with Gasteiger partial charge in [-0.3, -0.25) is 4.79 Å². The third-order valence-corrected chi connectivity index (χ3v) is 3.66. The second kappa shape index (κ2) is 5.92.